The molecule has 0 aliphatic heterocycles. The number of halogens is 1. The van der Waals surface area contributed by atoms with Crippen LogP contribution >= 0.6 is 24.2 Å². The number of nitrogens with two attached hydrogens (primary N) is 1. The summed E-state index contributed by atoms with van der Waals surface area (Å²) in [5, 5.41) is 9.27. The van der Waals surface area contributed by atoms with E-state index in [0.29, 0.717) is 0 Å². The van der Waals surface area contributed by atoms with Crippen LogP contribution in [0.3, 0.4) is 0 Å². The Morgan fingerprint density at radius 2 is 1.79 bits per heavy atom. The van der Waals surface area contributed by atoms with Crippen LogP contribution in [-0.4, -0.2) is 17.5 Å². The first-order chi connectivity index (χ1) is 6.15. The maximum absolute atomic E-state index is 9.27. The van der Waals surface area contributed by atoms with Crippen LogP contribution < -0.4 is 5.73 Å². The van der Waals surface area contributed by atoms with E-state index in [-0.39, 0.29) is 18.4 Å². The molecule has 0 radical (unpaired) electrons. The van der Waals surface area contributed by atoms with Gasteiger partial charge in [-0.3, -0.25) is 0 Å². The van der Waals surface area contributed by atoms with Crippen LogP contribution in [-0.2, 0) is 0 Å². The zero-order valence-electron chi connectivity index (χ0n) is 8.31. The first-order valence-electron chi connectivity index (χ1n) is 4.22. The van der Waals surface area contributed by atoms with E-state index in [4.69, 9.17) is 5.73 Å². The molecule has 2 nitrogen and oxygen atoms in total. The fraction of sp³-hybridized carbons (Fsp3) is 0.400. The molecule has 0 bridgehead atoms. The lowest BCUT2D eigenvalue weighted by molar-refractivity contribution is 0.164. The molecule has 0 aliphatic rings. The van der Waals surface area contributed by atoms with Gasteiger partial charge in [-0.1, -0.05) is 12.1 Å². The van der Waals surface area contributed by atoms with Gasteiger partial charge >= 0.3 is 0 Å². The number of rotatable bonds is 3. The van der Waals surface area contributed by atoms with E-state index in [9.17, 15) is 5.11 Å². The lowest BCUT2D eigenvalue weighted by Gasteiger charge is -2.14. The van der Waals surface area contributed by atoms with E-state index in [0.717, 1.165) is 5.56 Å². The van der Waals surface area contributed by atoms with Gasteiger partial charge in [0, 0.05) is 4.90 Å². The number of aliphatic hydroxyl groups excluding tert-OH is 1. The molecule has 0 unspecified atom stereocenters. The summed E-state index contributed by atoms with van der Waals surface area (Å²) in [7, 11) is 0. The molecule has 14 heavy (non-hydrogen) atoms. The van der Waals surface area contributed by atoms with Crippen molar-refractivity contribution in [1.29, 1.82) is 0 Å². The van der Waals surface area contributed by atoms with Gasteiger partial charge < -0.3 is 10.8 Å². The standard InChI is InChI=1S/C10H15NOS.ClH/c1-7(12)10(11)8-3-5-9(13-2)6-4-8;/h3-7,10,12H,11H2,1-2H3;1H/t7-,10-;/m0./s1. The maximum atomic E-state index is 9.27. The summed E-state index contributed by atoms with van der Waals surface area (Å²) >= 11 is 1.69. The largest absolute Gasteiger partial charge is 0.391 e. The SMILES string of the molecule is CSc1ccc([C@@H](N)[C@H](C)O)cc1.Cl. The van der Waals surface area contributed by atoms with Crippen molar-refractivity contribution in [3.63, 3.8) is 0 Å². The monoisotopic (exact) mass is 233 g/mol. The van der Waals surface area contributed by atoms with E-state index < -0.39 is 6.10 Å². The highest BCUT2D eigenvalue weighted by Crippen LogP contribution is 2.19. The second kappa shape index (κ2) is 6.30. The Morgan fingerprint density at radius 3 is 2.14 bits per heavy atom. The first-order valence-corrected chi connectivity index (χ1v) is 5.45. The van der Waals surface area contributed by atoms with E-state index in [1.807, 2.05) is 30.5 Å². The van der Waals surface area contributed by atoms with Crippen molar-refractivity contribution in [3.05, 3.63) is 29.8 Å². The fourth-order valence-electron chi connectivity index (χ4n) is 1.10. The van der Waals surface area contributed by atoms with E-state index in [1.165, 1.54) is 4.90 Å². The average Bonchev–Trinajstić information content (AvgIpc) is 2.17. The summed E-state index contributed by atoms with van der Waals surface area (Å²) in [6.07, 6.45) is 1.53. The van der Waals surface area contributed by atoms with Crippen molar-refractivity contribution in [1.82, 2.24) is 0 Å². The Labute approximate surface area is 95.3 Å². The summed E-state index contributed by atoms with van der Waals surface area (Å²) in [6.45, 7) is 1.70. The molecule has 0 saturated carbocycles. The predicted molar refractivity (Wildman–Crippen MR) is 64.1 cm³/mol. The molecule has 0 spiro atoms. The Kier molecular flexibility index (Phi) is 6.20. The molecular formula is C10H16ClNOS. The molecule has 0 aliphatic carbocycles. The Bertz CT molecular complexity index is 263. The van der Waals surface area contributed by atoms with Crippen LogP contribution in [0, 0.1) is 0 Å². The molecule has 80 valence electrons. The second-order valence-corrected chi connectivity index (χ2v) is 3.92. The lowest BCUT2D eigenvalue weighted by atomic mass is 10.0. The maximum Gasteiger partial charge on any atom is 0.0704 e. The van der Waals surface area contributed by atoms with Crippen LogP contribution in [0.4, 0.5) is 0 Å². The highest BCUT2D eigenvalue weighted by molar-refractivity contribution is 7.98. The van der Waals surface area contributed by atoms with E-state index in [1.54, 1.807) is 18.7 Å². The molecule has 1 aromatic rings. The summed E-state index contributed by atoms with van der Waals surface area (Å²) in [5.74, 6) is 0. The van der Waals surface area contributed by atoms with Crippen molar-refractivity contribution in [3.8, 4) is 0 Å². The Balaban J connectivity index is 0.00000169. The highest BCUT2D eigenvalue weighted by atomic mass is 35.5. The van der Waals surface area contributed by atoms with Crippen molar-refractivity contribution in [2.75, 3.05) is 6.26 Å². The minimum atomic E-state index is -0.500. The number of benzene rings is 1. The average molecular weight is 234 g/mol. The summed E-state index contributed by atoms with van der Waals surface area (Å²) in [5.41, 5.74) is 6.75. The smallest absolute Gasteiger partial charge is 0.0704 e. The van der Waals surface area contributed by atoms with Gasteiger partial charge in [-0.25, -0.2) is 0 Å². The quantitative estimate of drug-likeness (QED) is 0.787. The van der Waals surface area contributed by atoms with Gasteiger partial charge in [0.2, 0.25) is 0 Å². The van der Waals surface area contributed by atoms with Crippen LogP contribution in [0.1, 0.15) is 18.5 Å². The summed E-state index contributed by atoms with van der Waals surface area (Å²) in [4.78, 5) is 1.21. The van der Waals surface area contributed by atoms with Gasteiger partial charge in [0.1, 0.15) is 0 Å². The first kappa shape index (κ1) is 13.8. The van der Waals surface area contributed by atoms with Crippen molar-refractivity contribution in [2.45, 2.75) is 24.0 Å². The van der Waals surface area contributed by atoms with E-state index >= 15 is 0 Å². The van der Waals surface area contributed by atoms with E-state index in [2.05, 4.69) is 0 Å². The number of hydrogen-bond donors (Lipinski definition) is 2. The number of hydrogen-bond acceptors (Lipinski definition) is 3. The zero-order valence-corrected chi connectivity index (χ0v) is 9.94. The molecule has 0 aromatic heterocycles. The topological polar surface area (TPSA) is 46.2 Å². The molecule has 0 amide bonds. The lowest BCUT2D eigenvalue weighted by Crippen LogP contribution is -2.22. The van der Waals surface area contributed by atoms with Gasteiger partial charge in [0.15, 0.2) is 0 Å². The van der Waals surface area contributed by atoms with Crippen LogP contribution in [0.5, 0.6) is 0 Å². The molecule has 1 rings (SSSR count). The van der Waals surface area contributed by atoms with Crippen LogP contribution in [0.15, 0.2) is 29.2 Å². The van der Waals surface area contributed by atoms with Gasteiger partial charge in [0.05, 0.1) is 12.1 Å². The Hall–Kier alpha value is -0.220. The highest BCUT2D eigenvalue weighted by Gasteiger charge is 2.10. The molecule has 3 N–H and O–H groups in total. The Morgan fingerprint density at radius 1 is 1.29 bits per heavy atom. The molecule has 2 atom stereocenters. The van der Waals surface area contributed by atoms with Crippen LogP contribution in [0.2, 0.25) is 0 Å². The molecule has 0 saturated heterocycles. The fourth-order valence-corrected chi connectivity index (χ4v) is 1.51. The molecule has 0 heterocycles. The van der Waals surface area contributed by atoms with Gasteiger partial charge in [0.25, 0.3) is 0 Å². The third kappa shape index (κ3) is 3.50. The molecular weight excluding hydrogens is 218 g/mol. The molecule has 0 fully saturated rings. The minimum Gasteiger partial charge on any atom is -0.391 e. The minimum absolute atomic E-state index is 0. The van der Waals surface area contributed by atoms with Crippen molar-refractivity contribution >= 4 is 24.2 Å². The van der Waals surface area contributed by atoms with Gasteiger partial charge in [-0.2, -0.15) is 0 Å². The summed E-state index contributed by atoms with van der Waals surface area (Å²) < 4.78 is 0. The molecule has 1 aromatic carbocycles. The van der Waals surface area contributed by atoms with Crippen LogP contribution in [0.25, 0.3) is 0 Å². The number of aliphatic hydroxyl groups is 1. The molecule has 4 heteroatoms. The normalized spacial score (nSPS) is 14.3. The predicted octanol–water partition coefficient (Wildman–Crippen LogP) is 2.21. The van der Waals surface area contributed by atoms with Gasteiger partial charge in [-0.05, 0) is 30.9 Å². The van der Waals surface area contributed by atoms with Gasteiger partial charge in [-0.15, -0.1) is 24.2 Å². The number of thioether (sulfide) groups is 1. The van der Waals surface area contributed by atoms with Crippen molar-refractivity contribution in [2.24, 2.45) is 5.73 Å². The summed E-state index contributed by atoms with van der Waals surface area (Å²) in [6, 6.07) is 7.67. The second-order valence-electron chi connectivity index (χ2n) is 3.04. The van der Waals surface area contributed by atoms with Crippen molar-refractivity contribution < 1.29 is 5.11 Å². The zero-order chi connectivity index (χ0) is 9.84. The third-order valence-corrected chi connectivity index (χ3v) is 2.76. The third-order valence-electron chi connectivity index (χ3n) is 2.02.